The zero-order valence-corrected chi connectivity index (χ0v) is 11.2. The molecule has 0 heterocycles. The maximum atomic E-state index is 11.3. The summed E-state index contributed by atoms with van der Waals surface area (Å²) in [6, 6.07) is 7.70. The number of anilines is 1. The van der Waals surface area contributed by atoms with Gasteiger partial charge in [-0.05, 0) is 43.9 Å². The molecular formula is C13H20N2OS. The van der Waals surface area contributed by atoms with Gasteiger partial charge < -0.3 is 11.1 Å². The smallest absolute Gasteiger partial charge is 0.239 e. The molecule has 3 N–H and O–H groups in total. The quantitative estimate of drug-likeness (QED) is 0.733. The van der Waals surface area contributed by atoms with Crippen LogP contribution in [0.3, 0.4) is 0 Å². The van der Waals surface area contributed by atoms with Crippen molar-refractivity contribution in [3.63, 3.8) is 0 Å². The molecule has 0 aliphatic carbocycles. The molecule has 0 aliphatic rings. The Balaban J connectivity index is 2.54. The van der Waals surface area contributed by atoms with E-state index in [1.807, 2.05) is 31.2 Å². The number of nitrogens with one attached hydrogen (secondary N) is 1. The van der Waals surface area contributed by atoms with Gasteiger partial charge in [-0.3, -0.25) is 4.79 Å². The van der Waals surface area contributed by atoms with Crippen molar-refractivity contribution in [2.45, 2.75) is 25.8 Å². The Labute approximate surface area is 107 Å². The van der Waals surface area contributed by atoms with E-state index in [4.69, 9.17) is 5.73 Å². The van der Waals surface area contributed by atoms with Crippen molar-refractivity contribution in [2.24, 2.45) is 5.73 Å². The van der Waals surface area contributed by atoms with Crippen LogP contribution in [0.5, 0.6) is 0 Å². The molecular weight excluding hydrogens is 232 g/mol. The lowest BCUT2D eigenvalue weighted by molar-refractivity contribution is -0.118. The van der Waals surface area contributed by atoms with Gasteiger partial charge in [0.2, 0.25) is 5.91 Å². The lowest BCUT2D eigenvalue weighted by Gasteiger charge is -2.16. The molecule has 0 aliphatic heterocycles. The lowest BCUT2D eigenvalue weighted by atomic mass is 10.1. The van der Waals surface area contributed by atoms with Crippen LogP contribution in [0.4, 0.5) is 5.69 Å². The minimum atomic E-state index is -0.285. The van der Waals surface area contributed by atoms with Crippen LogP contribution in [-0.2, 0) is 4.79 Å². The van der Waals surface area contributed by atoms with Gasteiger partial charge in [-0.15, -0.1) is 0 Å². The van der Waals surface area contributed by atoms with Gasteiger partial charge in [-0.1, -0.05) is 17.7 Å². The zero-order valence-electron chi connectivity index (χ0n) is 10.4. The maximum Gasteiger partial charge on any atom is 0.239 e. The number of benzene rings is 1. The highest BCUT2D eigenvalue weighted by molar-refractivity contribution is 7.98. The monoisotopic (exact) mass is 252 g/mol. The number of rotatable bonds is 7. The van der Waals surface area contributed by atoms with Gasteiger partial charge in [0.1, 0.15) is 6.04 Å². The van der Waals surface area contributed by atoms with E-state index < -0.39 is 0 Å². The Hall–Kier alpha value is -1.16. The van der Waals surface area contributed by atoms with Crippen LogP contribution in [0.1, 0.15) is 18.4 Å². The van der Waals surface area contributed by atoms with E-state index >= 15 is 0 Å². The molecule has 0 fully saturated rings. The van der Waals surface area contributed by atoms with Gasteiger partial charge in [0.25, 0.3) is 0 Å². The average Bonchev–Trinajstić information content (AvgIpc) is 2.30. The van der Waals surface area contributed by atoms with Crippen LogP contribution in [-0.4, -0.2) is 24.0 Å². The third-order valence-electron chi connectivity index (χ3n) is 2.58. The van der Waals surface area contributed by atoms with Crippen molar-refractivity contribution in [1.29, 1.82) is 0 Å². The molecule has 3 nitrogen and oxygen atoms in total. The Morgan fingerprint density at radius 2 is 2.06 bits per heavy atom. The molecule has 4 heteroatoms. The largest absolute Gasteiger partial charge is 0.374 e. The average molecular weight is 252 g/mol. The molecule has 0 saturated carbocycles. The standard InChI is InChI=1S/C13H20N2OS/c1-10-5-7-11(8-6-10)15-12(13(14)16)4-3-9-17-2/h5-8,12,15H,3-4,9H2,1-2H3,(H2,14,16). The number of thioether (sulfide) groups is 1. The van der Waals surface area contributed by atoms with Crippen LogP contribution < -0.4 is 11.1 Å². The summed E-state index contributed by atoms with van der Waals surface area (Å²) >= 11 is 1.78. The summed E-state index contributed by atoms with van der Waals surface area (Å²) in [6.45, 7) is 2.04. The molecule has 94 valence electrons. The summed E-state index contributed by atoms with van der Waals surface area (Å²) in [5.41, 5.74) is 7.54. The number of aryl methyl sites for hydroxylation is 1. The van der Waals surface area contributed by atoms with Gasteiger partial charge in [-0.25, -0.2) is 0 Å². The highest BCUT2D eigenvalue weighted by Gasteiger charge is 2.14. The lowest BCUT2D eigenvalue weighted by Crippen LogP contribution is -2.35. The highest BCUT2D eigenvalue weighted by Crippen LogP contribution is 2.13. The van der Waals surface area contributed by atoms with Crippen LogP contribution in [0.2, 0.25) is 0 Å². The molecule has 17 heavy (non-hydrogen) atoms. The molecule has 1 aromatic carbocycles. The first-order chi connectivity index (χ1) is 8.13. The molecule has 1 unspecified atom stereocenters. The van der Waals surface area contributed by atoms with Gasteiger partial charge in [-0.2, -0.15) is 11.8 Å². The molecule has 1 aromatic rings. The van der Waals surface area contributed by atoms with E-state index in [2.05, 4.69) is 11.6 Å². The number of amides is 1. The van der Waals surface area contributed by atoms with Gasteiger partial charge in [0.05, 0.1) is 0 Å². The first-order valence-electron chi connectivity index (χ1n) is 5.75. The van der Waals surface area contributed by atoms with E-state index in [-0.39, 0.29) is 11.9 Å². The first kappa shape index (κ1) is 13.9. The summed E-state index contributed by atoms with van der Waals surface area (Å²) in [5.74, 6) is 0.769. The zero-order chi connectivity index (χ0) is 12.7. The summed E-state index contributed by atoms with van der Waals surface area (Å²) in [5, 5.41) is 3.18. The van der Waals surface area contributed by atoms with Crippen molar-refractivity contribution in [1.82, 2.24) is 0 Å². The number of hydrogen-bond acceptors (Lipinski definition) is 3. The second-order valence-corrected chi connectivity index (χ2v) is 5.09. The van der Waals surface area contributed by atoms with Crippen LogP contribution in [0.15, 0.2) is 24.3 Å². The molecule has 1 atom stereocenters. The second-order valence-electron chi connectivity index (χ2n) is 4.10. The van der Waals surface area contributed by atoms with Crippen molar-refractivity contribution in [3.8, 4) is 0 Å². The molecule has 0 spiro atoms. The molecule has 0 radical (unpaired) electrons. The van der Waals surface area contributed by atoms with E-state index in [1.165, 1.54) is 5.56 Å². The maximum absolute atomic E-state index is 11.3. The van der Waals surface area contributed by atoms with Crippen LogP contribution in [0.25, 0.3) is 0 Å². The third-order valence-corrected chi connectivity index (χ3v) is 3.27. The Morgan fingerprint density at radius 1 is 1.41 bits per heavy atom. The predicted octanol–water partition coefficient (Wildman–Crippen LogP) is 2.40. The molecule has 0 saturated heterocycles. The van der Waals surface area contributed by atoms with Crippen LogP contribution in [0, 0.1) is 6.92 Å². The Kier molecular flexibility index (Phi) is 5.91. The topological polar surface area (TPSA) is 55.1 Å². The summed E-state index contributed by atoms with van der Waals surface area (Å²) in [7, 11) is 0. The van der Waals surface area contributed by atoms with Crippen molar-refractivity contribution < 1.29 is 4.79 Å². The molecule has 0 aromatic heterocycles. The normalized spacial score (nSPS) is 12.1. The van der Waals surface area contributed by atoms with E-state index in [0.717, 1.165) is 24.3 Å². The number of carbonyl (C=O) groups excluding carboxylic acids is 1. The van der Waals surface area contributed by atoms with Gasteiger partial charge in [0.15, 0.2) is 0 Å². The van der Waals surface area contributed by atoms with Gasteiger partial charge >= 0.3 is 0 Å². The van der Waals surface area contributed by atoms with Crippen LogP contribution >= 0.6 is 11.8 Å². The molecule has 1 rings (SSSR count). The highest BCUT2D eigenvalue weighted by atomic mass is 32.2. The number of carbonyl (C=O) groups is 1. The fourth-order valence-electron chi connectivity index (χ4n) is 1.57. The Bertz CT molecular complexity index is 351. The summed E-state index contributed by atoms with van der Waals surface area (Å²) in [6.07, 6.45) is 3.84. The van der Waals surface area contributed by atoms with Crippen molar-refractivity contribution in [3.05, 3.63) is 29.8 Å². The van der Waals surface area contributed by atoms with E-state index in [1.54, 1.807) is 11.8 Å². The SMILES string of the molecule is CSCCCC(Nc1ccc(C)cc1)C(N)=O. The van der Waals surface area contributed by atoms with Gasteiger partial charge in [0, 0.05) is 5.69 Å². The fourth-order valence-corrected chi connectivity index (χ4v) is 2.02. The second kappa shape index (κ2) is 7.22. The summed E-state index contributed by atoms with van der Waals surface area (Å²) in [4.78, 5) is 11.3. The Morgan fingerprint density at radius 3 is 2.59 bits per heavy atom. The van der Waals surface area contributed by atoms with Crippen molar-refractivity contribution in [2.75, 3.05) is 17.3 Å². The molecule has 1 amide bonds. The predicted molar refractivity (Wildman–Crippen MR) is 75.4 cm³/mol. The number of primary amides is 1. The first-order valence-corrected chi connectivity index (χ1v) is 7.14. The van der Waals surface area contributed by atoms with E-state index in [9.17, 15) is 4.79 Å². The van der Waals surface area contributed by atoms with Crippen molar-refractivity contribution >= 4 is 23.4 Å². The summed E-state index contributed by atoms with van der Waals surface area (Å²) < 4.78 is 0. The fraction of sp³-hybridized carbons (Fsp3) is 0.462. The van der Waals surface area contributed by atoms with E-state index in [0.29, 0.717) is 0 Å². The number of hydrogen-bond donors (Lipinski definition) is 2. The minimum Gasteiger partial charge on any atom is -0.374 e. The minimum absolute atomic E-state index is 0.273. The third kappa shape index (κ3) is 5.13. The molecule has 0 bridgehead atoms. The number of nitrogens with two attached hydrogens (primary N) is 1.